The number of allylic oxidation sites excluding steroid dienone is 2. The molecule has 124 valence electrons. The van der Waals surface area contributed by atoms with Crippen LogP contribution in [0.1, 0.15) is 59.3 Å². The van der Waals surface area contributed by atoms with Crippen LogP contribution in [0, 0.1) is 0 Å². The Balaban J connectivity index is 4.93. The molecule has 0 saturated heterocycles. The maximum absolute atomic E-state index is 2.77. The van der Waals surface area contributed by atoms with Gasteiger partial charge in [0, 0.05) is 0 Å². The molecule has 0 spiro atoms. The average molecular weight is 415 g/mol. The van der Waals surface area contributed by atoms with E-state index in [0.29, 0.717) is 0 Å². The Labute approximate surface area is 140 Å². The third kappa shape index (κ3) is 11.7. The Kier molecular flexibility index (Phi) is 12.3. The van der Waals surface area contributed by atoms with E-state index < -0.39 is 26.5 Å². The molecule has 0 amide bonds. The van der Waals surface area contributed by atoms with Crippen molar-refractivity contribution in [2.75, 3.05) is 0 Å². The summed E-state index contributed by atoms with van der Waals surface area (Å²) >= 11 is -2.01. The van der Waals surface area contributed by atoms with Gasteiger partial charge in [0.1, 0.15) is 0 Å². The third-order valence-electron chi connectivity index (χ3n) is 4.24. The fraction of sp³-hybridized carbons (Fsp3) is 0.789. The van der Waals surface area contributed by atoms with Crippen molar-refractivity contribution in [3.05, 3.63) is 21.9 Å². The van der Waals surface area contributed by atoms with Crippen LogP contribution < -0.4 is 0 Å². The van der Waals surface area contributed by atoms with E-state index in [2.05, 4.69) is 62.4 Å². The summed E-state index contributed by atoms with van der Waals surface area (Å²) < 4.78 is 7.53. The molecule has 0 aliphatic heterocycles. The van der Waals surface area contributed by atoms with Crippen molar-refractivity contribution in [2.24, 2.45) is 0 Å². The Morgan fingerprint density at radius 3 is 1.48 bits per heavy atom. The SMILES string of the molecule is CCC[CH2][Sn]([CH]=CC=C[Si](C)(C)C)([CH2]CCC)[CH2]CCC. The van der Waals surface area contributed by atoms with Gasteiger partial charge in [0.15, 0.2) is 0 Å². The molecule has 0 nitrogen and oxygen atoms in total. The molecular formula is C19H40SiSn. The van der Waals surface area contributed by atoms with Crippen LogP contribution in [0.5, 0.6) is 0 Å². The molecule has 0 rings (SSSR count). The van der Waals surface area contributed by atoms with E-state index >= 15 is 0 Å². The van der Waals surface area contributed by atoms with Crippen LogP contribution in [0.3, 0.4) is 0 Å². The molecule has 0 aliphatic rings. The molecule has 0 aromatic heterocycles. The second-order valence-electron chi connectivity index (χ2n) is 7.76. The fourth-order valence-electron chi connectivity index (χ4n) is 2.82. The molecule has 2 heteroatoms. The predicted octanol–water partition coefficient (Wildman–Crippen LogP) is 7.36. The van der Waals surface area contributed by atoms with Crippen LogP contribution in [0.2, 0.25) is 33.0 Å². The Morgan fingerprint density at radius 2 is 1.14 bits per heavy atom. The summed E-state index contributed by atoms with van der Waals surface area (Å²) in [6.07, 6.45) is 13.3. The molecular weight excluding hydrogens is 375 g/mol. The van der Waals surface area contributed by atoms with Crippen LogP contribution in [0.4, 0.5) is 0 Å². The first-order valence-corrected chi connectivity index (χ1v) is 20.5. The predicted molar refractivity (Wildman–Crippen MR) is 107 cm³/mol. The summed E-state index contributed by atoms with van der Waals surface area (Å²) in [5.41, 5.74) is 2.49. The van der Waals surface area contributed by atoms with Crippen LogP contribution in [0.15, 0.2) is 21.9 Å². The summed E-state index contributed by atoms with van der Waals surface area (Å²) in [6.45, 7) is 14.3. The van der Waals surface area contributed by atoms with Gasteiger partial charge in [-0.25, -0.2) is 0 Å². The maximum atomic E-state index is 2.77. The number of hydrogen-bond donors (Lipinski definition) is 0. The normalized spacial score (nSPS) is 13.6. The zero-order valence-corrected chi connectivity index (χ0v) is 19.5. The summed E-state index contributed by atoms with van der Waals surface area (Å²) in [4.78, 5) is 0. The number of unbranched alkanes of at least 4 members (excludes halogenated alkanes) is 3. The summed E-state index contributed by atoms with van der Waals surface area (Å²) in [7, 11) is -1.04. The topological polar surface area (TPSA) is 0 Å². The number of rotatable bonds is 12. The first-order valence-electron chi connectivity index (χ1n) is 9.26. The summed E-state index contributed by atoms with van der Waals surface area (Å²) in [5, 5.41) is 0. The van der Waals surface area contributed by atoms with Crippen LogP contribution in [-0.2, 0) is 0 Å². The van der Waals surface area contributed by atoms with Crippen molar-refractivity contribution in [3.63, 3.8) is 0 Å². The molecule has 0 aliphatic carbocycles. The molecule has 0 N–H and O–H groups in total. The van der Waals surface area contributed by atoms with Crippen molar-refractivity contribution < 1.29 is 0 Å². The van der Waals surface area contributed by atoms with Gasteiger partial charge in [-0.15, -0.1) is 0 Å². The van der Waals surface area contributed by atoms with Gasteiger partial charge in [0.2, 0.25) is 0 Å². The molecule has 0 bridgehead atoms. The van der Waals surface area contributed by atoms with Crippen molar-refractivity contribution in [2.45, 2.75) is 92.2 Å². The Hall–Kier alpha value is 0.496. The van der Waals surface area contributed by atoms with Gasteiger partial charge < -0.3 is 0 Å². The van der Waals surface area contributed by atoms with Gasteiger partial charge in [-0.1, -0.05) is 0 Å². The summed E-state index contributed by atoms with van der Waals surface area (Å²) in [5.74, 6) is 0. The second-order valence-corrected chi connectivity index (χ2v) is 25.8. The first-order chi connectivity index (χ1) is 9.89. The molecule has 0 saturated carbocycles. The van der Waals surface area contributed by atoms with Gasteiger partial charge >= 0.3 is 141 Å². The van der Waals surface area contributed by atoms with Gasteiger partial charge in [0.25, 0.3) is 0 Å². The zero-order valence-electron chi connectivity index (χ0n) is 15.7. The van der Waals surface area contributed by atoms with Crippen molar-refractivity contribution >= 4 is 26.5 Å². The Bertz CT molecular complexity index is 277. The van der Waals surface area contributed by atoms with E-state index in [1.54, 1.807) is 13.3 Å². The average Bonchev–Trinajstić information content (AvgIpc) is 2.43. The monoisotopic (exact) mass is 416 g/mol. The van der Waals surface area contributed by atoms with Crippen LogP contribution in [-0.4, -0.2) is 26.5 Å². The van der Waals surface area contributed by atoms with E-state index in [9.17, 15) is 0 Å². The molecule has 0 fully saturated rings. The van der Waals surface area contributed by atoms with Crippen molar-refractivity contribution in [1.29, 1.82) is 0 Å². The first kappa shape index (κ1) is 21.5. The van der Waals surface area contributed by atoms with E-state index in [-0.39, 0.29) is 0 Å². The molecule has 0 unspecified atom stereocenters. The molecule has 0 aromatic carbocycles. The fourth-order valence-corrected chi connectivity index (χ4v) is 17.6. The number of hydrogen-bond acceptors (Lipinski definition) is 0. The molecule has 0 heterocycles. The molecule has 0 aromatic rings. The molecule has 21 heavy (non-hydrogen) atoms. The van der Waals surface area contributed by atoms with Crippen LogP contribution in [0.25, 0.3) is 0 Å². The van der Waals surface area contributed by atoms with E-state index in [1.165, 1.54) is 38.5 Å². The van der Waals surface area contributed by atoms with Gasteiger partial charge in [-0.05, 0) is 0 Å². The van der Waals surface area contributed by atoms with Gasteiger partial charge in [-0.3, -0.25) is 0 Å². The van der Waals surface area contributed by atoms with E-state index in [1.807, 2.05) is 0 Å². The minimum atomic E-state index is -2.01. The minimum absolute atomic E-state index is 1.04. The quantitative estimate of drug-likeness (QED) is 0.231. The summed E-state index contributed by atoms with van der Waals surface area (Å²) in [6, 6.07) is 0. The molecule has 0 atom stereocenters. The van der Waals surface area contributed by atoms with E-state index in [4.69, 9.17) is 0 Å². The van der Waals surface area contributed by atoms with Crippen molar-refractivity contribution in [3.8, 4) is 0 Å². The third-order valence-corrected chi connectivity index (χ3v) is 19.6. The standard InChI is InChI=1S/C7H13Si.3C4H9.Sn/c1-5-6-7-8(2,3)4;3*1-3-4-2;/h1,5-7H,2-4H3;3*1,3-4H2,2H3;. The van der Waals surface area contributed by atoms with Crippen molar-refractivity contribution in [1.82, 2.24) is 0 Å². The van der Waals surface area contributed by atoms with Gasteiger partial charge in [-0.2, -0.15) is 0 Å². The Morgan fingerprint density at radius 1 is 0.714 bits per heavy atom. The van der Waals surface area contributed by atoms with Gasteiger partial charge in [0.05, 0.1) is 0 Å². The second kappa shape index (κ2) is 12.0. The molecule has 0 radical (unpaired) electrons. The van der Waals surface area contributed by atoms with E-state index in [0.717, 1.165) is 0 Å². The zero-order chi connectivity index (χ0) is 16.2. The van der Waals surface area contributed by atoms with Crippen LogP contribution >= 0.6 is 0 Å².